The van der Waals surface area contributed by atoms with Gasteiger partial charge in [-0.2, -0.15) is 5.10 Å². The quantitative estimate of drug-likeness (QED) is 0.566. The Morgan fingerprint density at radius 1 is 1.04 bits per heavy atom. The molecule has 1 amide bonds. The third kappa shape index (κ3) is 4.44. The van der Waals surface area contributed by atoms with E-state index in [1.54, 1.807) is 13.1 Å². The van der Waals surface area contributed by atoms with E-state index in [2.05, 4.69) is 10.5 Å². The van der Waals surface area contributed by atoms with Gasteiger partial charge in [-0.05, 0) is 42.3 Å². The first kappa shape index (κ1) is 16.7. The Morgan fingerprint density at radius 2 is 1.84 bits per heavy atom. The maximum absolute atomic E-state index is 12.1. The van der Waals surface area contributed by atoms with Gasteiger partial charge in [0, 0.05) is 0 Å². The van der Waals surface area contributed by atoms with Gasteiger partial charge in [0.15, 0.2) is 6.10 Å². The monoisotopic (exact) mass is 332 g/mol. The van der Waals surface area contributed by atoms with Crippen molar-refractivity contribution < 1.29 is 9.53 Å². The molecular formula is C21H20N2O2. The number of fused-ring (bicyclic) bond motifs is 1. The molecule has 3 aromatic carbocycles. The summed E-state index contributed by atoms with van der Waals surface area (Å²) in [5.41, 5.74) is 4.59. The number of carbonyl (C=O) groups is 1. The largest absolute Gasteiger partial charge is 0.481 e. The predicted molar refractivity (Wildman–Crippen MR) is 101 cm³/mol. The summed E-state index contributed by atoms with van der Waals surface area (Å²) in [6.45, 7) is 3.71. The van der Waals surface area contributed by atoms with Crippen LogP contribution in [0.1, 0.15) is 18.1 Å². The molecule has 1 N–H and O–H groups in total. The molecule has 0 spiro atoms. The second-order valence-corrected chi connectivity index (χ2v) is 5.92. The maximum Gasteiger partial charge on any atom is 0.280 e. The van der Waals surface area contributed by atoms with Crippen LogP contribution >= 0.6 is 0 Å². The lowest BCUT2D eigenvalue weighted by Gasteiger charge is -2.13. The summed E-state index contributed by atoms with van der Waals surface area (Å²) < 4.78 is 5.72. The molecular weight excluding hydrogens is 312 g/mol. The van der Waals surface area contributed by atoms with E-state index in [0.717, 1.165) is 21.9 Å². The molecule has 0 aliphatic carbocycles. The van der Waals surface area contributed by atoms with E-state index < -0.39 is 6.10 Å². The number of amides is 1. The number of hydrogen-bond acceptors (Lipinski definition) is 3. The third-order valence-corrected chi connectivity index (χ3v) is 3.83. The van der Waals surface area contributed by atoms with E-state index in [9.17, 15) is 4.79 Å². The average molecular weight is 332 g/mol. The smallest absolute Gasteiger partial charge is 0.280 e. The highest BCUT2D eigenvalue weighted by Crippen LogP contribution is 2.21. The summed E-state index contributed by atoms with van der Waals surface area (Å²) in [5, 5.41) is 6.20. The number of nitrogens with one attached hydrogen (secondary N) is 1. The number of ether oxygens (including phenoxy) is 1. The van der Waals surface area contributed by atoms with Crippen LogP contribution in [0.25, 0.3) is 10.8 Å². The molecule has 3 rings (SSSR count). The Balaban J connectivity index is 1.59. The van der Waals surface area contributed by atoms with Crippen LogP contribution in [0.2, 0.25) is 0 Å². The molecule has 0 saturated heterocycles. The fraction of sp³-hybridized carbons (Fsp3) is 0.143. The first-order chi connectivity index (χ1) is 12.1. The number of hydrogen-bond donors (Lipinski definition) is 1. The average Bonchev–Trinajstić information content (AvgIpc) is 2.61. The van der Waals surface area contributed by atoms with Gasteiger partial charge >= 0.3 is 0 Å². The molecule has 4 nitrogen and oxygen atoms in total. The zero-order chi connectivity index (χ0) is 17.6. The molecule has 1 atom stereocenters. The molecule has 0 heterocycles. The zero-order valence-corrected chi connectivity index (χ0v) is 14.3. The Hall–Kier alpha value is -3.14. The molecule has 0 radical (unpaired) electrons. The van der Waals surface area contributed by atoms with Gasteiger partial charge in [-0.25, -0.2) is 5.43 Å². The van der Waals surface area contributed by atoms with Crippen molar-refractivity contribution in [3.8, 4) is 5.75 Å². The lowest BCUT2D eigenvalue weighted by Crippen LogP contribution is -2.33. The van der Waals surface area contributed by atoms with Crippen LogP contribution in [0.4, 0.5) is 0 Å². The number of aryl methyl sites for hydroxylation is 1. The lowest BCUT2D eigenvalue weighted by molar-refractivity contribution is -0.127. The molecule has 0 aliphatic rings. The molecule has 0 fully saturated rings. The summed E-state index contributed by atoms with van der Waals surface area (Å²) in [6.07, 6.45) is 0.976. The molecule has 25 heavy (non-hydrogen) atoms. The van der Waals surface area contributed by atoms with Crippen molar-refractivity contribution in [2.45, 2.75) is 20.0 Å². The Labute approximate surface area is 147 Å². The van der Waals surface area contributed by atoms with Crippen LogP contribution in [0.3, 0.4) is 0 Å². The molecule has 0 aliphatic heterocycles. The third-order valence-electron chi connectivity index (χ3n) is 3.83. The van der Waals surface area contributed by atoms with Gasteiger partial charge in [0.1, 0.15) is 5.75 Å². The fourth-order valence-electron chi connectivity index (χ4n) is 2.51. The van der Waals surface area contributed by atoms with Gasteiger partial charge in [0.25, 0.3) is 5.91 Å². The second kappa shape index (κ2) is 7.62. The maximum atomic E-state index is 12.1. The molecule has 0 unspecified atom stereocenters. The highest BCUT2D eigenvalue weighted by atomic mass is 16.5. The van der Waals surface area contributed by atoms with Gasteiger partial charge in [-0.15, -0.1) is 0 Å². The number of nitrogens with zero attached hydrogens (tertiary/aromatic N) is 1. The van der Waals surface area contributed by atoms with Crippen LogP contribution < -0.4 is 10.2 Å². The lowest BCUT2D eigenvalue weighted by atomic mass is 10.1. The van der Waals surface area contributed by atoms with Gasteiger partial charge in [0.2, 0.25) is 0 Å². The fourth-order valence-corrected chi connectivity index (χ4v) is 2.51. The van der Waals surface area contributed by atoms with Gasteiger partial charge in [-0.1, -0.05) is 60.2 Å². The minimum absolute atomic E-state index is 0.294. The molecule has 126 valence electrons. The first-order valence-corrected chi connectivity index (χ1v) is 8.17. The van der Waals surface area contributed by atoms with Gasteiger partial charge in [-0.3, -0.25) is 4.79 Å². The predicted octanol–water partition coefficient (Wildman–Crippen LogP) is 4.07. The molecule has 0 aromatic heterocycles. The normalized spacial score (nSPS) is 12.2. The van der Waals surface area contributed by atoms with Crippen molar-refractivity contribution in [1.29, 1.82) is 0 Å². The highest BCUT2D eigenvalue weighted by molar-refractivity contribution is 5.85. The molecule has 3 aromatic rings. The summed E-state index contributed by atoms with van der Waals surface area (Å²) in [5.74, 6) is 0.362. The second-order valence-electron chi connectivity index (χ2n) is 5.92. The highest BCUT2D eigenvalue weighted by Gasteiger charge is 2.14. The summed E-state index contributed by atoms with van der Waals surface area (Å²) in [7, 11) is 0. The first-order valence-electron chi connectivity index (χ1n) is 8.17. The van der Waals surface area contributed by atoms with E-state index >= 15 is 0 Å². The number of hydrazone groups is 1. The number of rotatable bonds is 5. The van der Waals surface area contributed by atoms with Crippen LogP contribution in [0.15, 0.2) is 71.8 Å². The van der Waals surface area contributed by atoms with Crippen molar-refractivity contribution in [2.75, 3.05) is 0 Å². The van der Waals surface area contributed by atoms with E-state index in [1.807, 2.05) is 73.7 Å². The minimum Gasteiger partial charge on any atom is -0.481 e. The van der Waals surface area contributed by atoms with E-state index in [4.69, 9.17) is 4.74 Å². The van der Waals surface area contributed by atoms with Crippen molar-refractivity contribution in [1.82, 2.24) is 5.43 Å². The minimum atomic E-state index is -0.643. The van der Waals surface area contributed by atoms with Crippen molar-refractivity contribution in [3.05, 3.63) is 77.9 Å². The van der Waals surface area contributed by atoms with Gasteiger partial charge in [0.05, 0.1) is 6.21 Å². The zero-order valence-electron chi connectivity index (χ0n) is 14.3. The topological polar surface area (TPSA) is 50.7 Å². The number of carbonyl (C=O) groups excluding carboxylic acids is 1. The van der Waals surface area contributed by atoms with Gasteiger partial charge < -0.3 is 4.74 Å². The van der Waals surface area contributed by atoms with Crippen molar-refractivity contribution in [3.63, 3.8) is 0 Å². The van der Waals surface area contributed by atoms with Crippen LogP contribution in [-0.4, -0.2) is 18.2 Å². The van der Waals surface area contributed by atoms with Crippen LogP contribution in [-0.2, 0) is 4.79 Å². The Kier molecular flexibility index (Phi) is 5.09. The van der Waals surface area contributed by atoms with E-state index in [0.29, 0.717) is 5.75 Å². The molecule has 4 heteroatoms. The Bertz CT molecular complexity index is 918. The summed E-state index contributed by atoms with van der Waals surface area (Å²) >= 11 is 0. The molecule has 0 saturated carbocycles. The summed E-state index contributed by atoms with van der Waals surface area (Å²) in [6, 6.07) is 21.7. The van der Waals surface area contributed by atoms with Crippen LogP contribution in [0.5, 0.6) is 5.75 Å². The van der Waals surface area contributed by atoms with Crippen LogP contribution in [0, 0.1) is 6.92 Å². The Morgan fingerprint density at radius 3 is 2.64 bits per heavy atom. The van der Waals surface area contributed by atoms with E-state index in [1.165, 1.54) is 0 Å². The number of benzene rings is 3. The van der Waals surface area contributed by atoms with E-state index in [-0.39, 0.29) is 5.91 Å². The molecule has 0 bridgehead atoms. The SMILES string of the molecule is Cc1cccc(/C=N\NC(=O)[C@@H](C)Oc2ccc3ccccc3c2)c1. The van der Waals surface area contributed by atoms with Crippen molar-refractivity contribution >= 4 is 22.9 Å². The van der Waals surface area contributed by atoms with Crippen molar-refractivity contribution in [2.24, 2.45) is 5.10 Å². The summed E-state index contributed by atoms with van der Waals surface area (Å²) in [4.78, 5) is 12.1. The standard InChI is InChI=1S/C21H20N2O2/c1-15-6-5-7-17(12-15)14-22-23-21(24)16(2)25-20-11-10-18-8-3-4-9-19(18)13-20/h3-14,16H,1-2H3,(H,23,24)/b22-14-/t16-/m1/s1.